The van der Waals surface area contributed by atoms with Crippen LogP contribution in [-0.2, 0) is 6.54 Å². The van der Waals surface area contributed by atoms with Crippen molar-refractivity contribution in [3.8, 4) is 6.07 Å². The average molecular weight is 469 g/mol. The molecule has 1 aromatic heterocycles. The van der Waals surface area contributed by atoms with Gasteiger partial charge in [-0.1, -0.05) is 29.8 Å². The van der Waals surface area contributed by atoms with Crippen molar-refractivity contribution in [2.75, 3.05) is 17.2 Å². The molecule has 0 amide bonds. The molecule has 2 aliphatic rings. The standard InChI is InChI=1S/C25H33ClN6O/c26-23-4-2-1-3-18(23)15-29-25-30-16-19(13-27)24(32-25)28-14-17-5-7-20(8-6-17)31-21-9-11-22(33)12-10-21/h1-4,16-17,20-22,31,33H,5-12,14-15H2,(H2,28,29,30,32). The van der Waals surface area contributed by atoms with Crippen molar-refractivity contribution < 1.29 is 5.11 Å². The van der Waals surface area contributed by atoms with E-state index in [2.05, 4.69) is 32.0 Å². The minimum atomic E-state index is -0.100. The molecule has 0 radical (unpaired) electrons. The van der Waals surface area contributed by atoms with Gasteiger partial charge in [-0.25, -0.2) is 4.98 Å². The molecule has 2 saturated carbocycles. The Kier molecular flexibility index (Phi) is 8.38. The van der Waals surface area contributed by atoms with E-state index >= 15 is 0 Å². The predicted octanol–water partition coefficient (Wildman–Crippen LogP) is 4.48. The smallest absolute Gasteiger partial charge is 0.224 e. The molecule has 0 bridgehead atoms. The molecule has 0 spiro atoms. The molecule has 2 fully saturated rings. The quantitative estimate of drug-likeness (QED) is 0.452. The van der Waals surface area contributed by atoms with Gasteiger partial charge in [-0.3, -0.25) is 0 Å². The third-order valence-corrected chi connectivity index (χ3v) is 7.25. The van der Waals surface area contributed by atoms with Crippen molar-refractivity contribution >= 4 is 23.4 Å². The number of aliphatic hydroxyl groups is 1. The minimum absolute atomic E-state index is 0.100. The molecule has 2 aromatic rings. The lowest BCUT2D eigenvalue weighted by Crippen LogP contribution is -2.43. The summed E-state index contributed by atoms with van der Waals surface area (Å²) in [4.78, 5) is 8.81. The van der Waals surface area contributed by atoms with Crippen molar-refractivity contribution in [2.24, 2.45) is 5.92 Å². The minimum Gasteiger partial charge on any atom is -0.393 e. The third-order valence-electron chi connectivity index (χ3n) is 6.88. The van der Waals surface area contributed by atoms with Crippen LogP contribution in [0.25, 0.3) is 0 Å². The van der Waals surface area contributed by atoms with Gasteiger partial charge in [0.15, 0.2) is 0 Å². The Morgan fingerprint density at radius 3 is 2.39 bits per heavy atom. The number of hydrogen-bond acceptors (Lipinski definition) is 7. The molecular formula is C25H33ClN6O. The summed E-state index contributed by atoms with van der Waals surface area (Å²) in [5, 5.41) is 30.3. The van der Waals surface area contributed by atoms with E-state index < -0.39 is 0 Å². The van der Waals surface area contributed by atoms with E-state index in [4.69, 9.17) is 11.6 Å². The van der Waals surface area contributed by atoms with Crippen molar-refractivity contribution in [1.82, 2.24) is 15.3 Å². The number of benzene rings is 1. The van der Waals surface area contributed by atoms with Gasteiger partial charge in [0.2, 0.25) is 5.95 Å². The van der Waals surface area contributed by atoms with E-state index in [1.54, 1.807) is 6.20 Å². The highest BCUT2D eigenvalue weighted by Crippen LogP contribution is 2.27. The first kappa shape index (κ1) is 23.7. The van der Waals surface area contributed by atoms with Gasteiger partial charge < -0.3 is 21.1 Å². The van der Waals surface area contributed by atoms with Crippen LogP contribution in [0.2, 0.25) is 5.02 Å². The van der Waals surface area contributed by atoms with E-state index in [1.165, 1.54) is 12.8 Å². The number of nitriles is 1. The fourth-order valence-corrected chi connectivity index (χ4v) is 5.05. The molecule has 4 N–H and O–H groups in total. The Balaban J connectivity index is 1.25. The average Bonchev–Trinajstić information content (AvgIpc) is 2.84. The summed E-state index contributed by atoms with van der Waals surface area (Å²) in [6.45, 7) is 1.32. The lowest BCUT2D eigenvalue weighted by molar-refractivity contribution is 0.111. The van der Waals surface area contributed by atoms with Crippen molar-refractivity contribution in [3.63, 3.8) is 0 Å². The number of nitrogens with zero attached hydrogens (tertiary/aromatic N) is 3. The molecule has 176 valence electrons. The lowest BCUT2D eigenvalue weighted by Gasteiger charge is -2.34. The molecule has 2 aliphatic carbocycles. The molecule has 4 rings (SSSR count). The zero-order valence-electron chi connectivity index (χ0n) is 18.9. The molecule has 8 heteroatoms. The zero-order chi connectivity index (χ0) is 23.0. The van der Waals surface area contributed by atoms with Crippen LogP contribution in [-0.4, -0.2) is 39.8 Å². The SMILES string of the molecule is N#Cc1cnc(NCc2ccccc2Cl)nc1NCC1CCC(NC2CCC(O)CC2)CC1. The molecule has 33 heavy (non-hydrogen) atoms. The summed E-state index contributed by atoms with van der Waals surface area (Å²) >= 11 is 6.22. The summed E-state index contributed by atoms with van der Waals surface area (Å²) in [5.41, 5.74) is 1.42. The predicted molar refractivity (Wildman–Crippen MR) is 131 cm³/mol. The second-order valence-electron chi connectivity index (χ2n) is 9.28. The Bertz CT molecular complexity index is 948. The Labute approximate surface area is 201 Å². The fourth-order valence-electron chi connectivity index (χ4n) is 4.85. The summed E-state index contributed by atoms with van der Waals surface area (Å²) in [7, 11) is 0. The van der Waals surface area contributed by atoms with E-state index in [0.29, 0.717) is 46.9 Å². The second-order valence-corrected chi connectivity index (χ2v) is 9.69. The Morgan fingerprint density at radius 1 is 1.00 bits per heavy atom. The van der Waals surface area contributed by atoms with E-state index in [1.807, 2.05) is 24.3 Å². The maximum Gasteiger partial charge on any atom is 0.224 e. The zero-order valence-corrected chi connectivity index (χ0v) is 19.7. The molecule has 7 nitrogen and oxygen atoms in total. The van der Waals surface area contributed by atoms with Gasteiger partial charge in [0, 0.05) is 30.2 Å². The summed E-state index contributed by atoms with van der Waals surface area (Å²) < 4.78 is 0. The molecule has 0 aliphatic heterocycles. The summed E-state index contributed by atoms with van der Waals surface area (Å²) in [5.74, 6) is 1.62. The Morgan fingerprint density at radius 2 is 1.70 bits per heavy atom. The molecule has 1 heterocycles. The Hall–Kier alpha value is -2.40. The van der Waals surface area contributed by atoms with Gasteiger partial charge in [-0.15, -0.1) is 0 Å². The van der Waals surface area contributed by atoms with Crippen molar-refractivity contribution in [2.45, 2.75) is 76.1 Å². The lowest BCUT2D eigenvalue weighted by atomic mass is 9.84. The second kappa shape index (κ2) is 11.6. The van der Waals surface area contributed by atoms with Crippen LogP contribution in [0, 0.1) is 17.2 Å². The van der Waals surface area contributed by atoms with Gasteiger partial charge in [0.05, 0.1) is 12.3 Å². The van der Waals surface area contributed by atoms with Crippen LogP contribution in [0.5, 0.6) is 0 Å². The summed E-state index contributed by atoms with van der Waals surface area (Å²) in [6, 6.07) is 11.0. The number of anilines is 2. The van der Waals surface area contributed by atoms with E-state index in [0.717, 1.165) is 50.6 Å². The number of nitrogens with one attached hydrogen (secondary N) is 3. The maximum absolute atomic E-state index is 9.70. The first-order chi connectivity index (χ1) is 16.1. The van der Waals surface area contributed by atoms with Gasteiger partial charge in [0.1, 0.15) is 17.5 Å². The van der Waals surface area contributed by atoms with Crippen LogP contribution in [0.4, 0.5) is 11.8 Å². The number of rotatable bonds is 8. The third kappa shape index (κ3) is 6.80. The number of hydrogen-bond donors (Lipinski definition) is 4. The van der Waals surface area contributed by atoms with Crippen LogP contribution >= 0.6 is 11.6 Å². The molecule has 1 aromatic carbocycles. The van der Waals surface area contributed by atoms with Crippen molar-refractivity contribution in [3.05, 3.63) is 46.6 Å². The molecule has 0 saturated heterocycles. The number of halogens is 1. The van der Waals surface area contributed by atoms with Crippen LogP contribution in [0.15, 0.2) is 30.5 Å². The molecular weight excluding hydrogens is 436 g/mol. The first-order valence-corrected chi connectivity index (χ1v) is 12.4. The van der Waals surface area contributed by atoms with Crippen LogP contribution < -0.4 is 16.0 Å². The topological polar surface area (TPSA) is 106 Å². The molecule has 0 unspecified atom stereocenters. The van der Waals surface area contributed by atoms with E-state index in [9.17, 15) is 10.4 Å². The molecule has 0 atom stereocenters. The van der Waals surface area contributed by atoms with Crippen molar-refractivity contribution in [1.29, 1.82) is 5.26 Å². The summed E-state index contributed by atoms with van der Waals surface area (Å²) in [6.07, 6.45) is 10.1. The highest BCUT2D eigenvalue weighted by atomic mass is 35.5. The largest absolute Gasteiger partial charge is 0.393 e. The van der Waals surface area contributed by atoms with Gasteiger partial charge >= 0.3 is 0 Å². The van der Waals surface area contributed by atoms with Gasteiger partial charge in [-0.05, 0) is 68.9 Å². The normalized spacial score (nSPS) is 25.2. The fraction of sp³-hybridized carbons (Fsp3) is 0.560. The van der Waals surface area contributed by atoms with Crippen LogP contribution in [0.1, 0.15) is 62.5 Å². The highest BCUT2D eigenvalue weighted by molar-refractivity contribution is 6.31. The maximum atomic E-state index is 9.70. The van der Waals surface area contributed by atoms with Gasteiger partial charge in [0.25, 0.3) is 0 Å². The number of aromatic nitrogens is 2. The van der Waals surface area contributed by atoms with E-state index in [-0.39, 0.29) is 6.10 Å². The monoisotopic (exact) mass is 468 g/mol. The highest BCUT2D eigenvalue weighted by Gasteiger charge is 2.26. The first-order valence-electron chi connectivity index (χ1n) is 12.0. The number of aliphatic hydroxyl groups excluding tert-OH is 1. The van der Waals surface area contributed by atoms with Crippen LogP contribution in [0.3, 0.4) is 0 Å². The van der Waals surface area contributed by atoms with Gasteiger partial charge in [-0.2, -0.15) is 10.2 Å².